The van der Waals surface area contributed by atoms with Crippen LogP contribution in [0, 0.1) is 5.92 Å². The summed E-state index contributed by atoms with van der Waals surface area (Å²) < 4.78 is 11.4. The van der Waals surface area contributed by atoms with Gasteiger partial charge in [0.05, 0.1) is 13.2 Å². The molecule has 2 heterocycles. The number of piperidine rings is 1. The molecule has 1 saturated heterocycles. The normalized spacial score (nSPS) is 20.2. The Morgan fingerprint density at radius 2 is 1.90 bits per heavy atom. The minimum atomic E-state index is 0.749. The van der Waals surface area contributed by atoms with Gasteiger partial charge in [-0.25, -0.2) is 0 Å². The molecule has 0 radical (unpaired) electrons. The number of nitrogens with one attached hydrogen (secondary N) is 1. The highest BCUT2D eigenvalue weighted by atomic mass is 16.5. The van der Waals surface area contributed by atoms with Crippen molar-refractivity contribution in [2.75, 3.05) is 39.9 Å². The summed E-state index contributed by atoms with van der Waals surface area (Å²) >= 11 is 0. The van der Waals surface area contributed by atoms with Crippen LogP contribution in [-0.4, -0.2) is 44.8 Å². The fourth-order valence-corrected chi connectivity index (χ4v) is 3.00. The van der Waals surface area contributed by atoms with E-state index in [1.165, 1.54) is 31.5 Å². The number of hydrogen-bond acceptors (Lipinski definition) is 4. The van der Waals surface area contributed by atoms with Crippen molar-refractivity contribution >= 4 is 0 Å². The van der Waals surface area contributed by atoms with Crippen molar-refractivity contribution in [2.45, 2.75) is 25.8 Å². The van der Waals surface area contributed by atoms with Gasteiger partial charge >= 0.3 is 0 Å². The molecule has 0 amide bonds. The third-order valence-corrected chi connectivity index (χ3v) is 4.41. The highest BCUT2D eigenvalue weighted by Crippen LogP contribution is 2.30. The molecule has 0 spiro atoms. The second kappa shape index (κ2) is 7.14. The van der Waals surface area contributed by atoms with E-state index in [0.29, 0.717) is 0 Å². The van der Waals surface area contributed by atoms with E-state index in [0.717, 1.165) is 50.1 Å². The number of fused-ring (bicyclic) bond motifs is 1. The fourth-order valence-electron chi connectivity index (χ4n) is 3.00. The van der Waals surface area contributed by atoms with Gasteiger partial charge < -0.3 is 19.7 Å². The predicted octanol–water partition coefficient (Wildman–Crippen LogP) is 2.28. The SMILES string of the molecule is CN1CCC(CNCc2ccc3c(c2)OCCCO3)CC1. The Morgan fingerprint density at radius 3 is 2.71 bits per heavy atom. The van der Waals surface area contributed by atoms with E-state index in [-0.39, 0.29) is 0 Å². The molecule has 0 saturated carbocycles. The maximum atomic E-state index is 5.74. The van der Waals surface area contributed by atoms with Crippen LogP contribution < -0.4 is 14.8 Å². The molecule has 21 heavy (non-hydrogen) atoms. The Morgan fingerprint density at radius 1 is 1.14 bits per heavy atom. The van der Waals surface area contributed by atoms with Crippen LogP contribution in [0.1, 0.15) is 24.8 Å². The van der Waals surface area contributed by atoms with Gasteiger partial charge in [-0.1, -0.05) is 6.07 Å². The third-order valence-electron chi connectivity index (χ3n) is 4.41. The minimum absolute atomic E-state index is 0.749. The van der Waals surface area contributed by atoms with Gasteiger partial charge in [0.1, 0.15) is 0 Å². The summed E-state index contributed by atoms with van der Waals surface area (Å²) in [4.78, 5) is 2.42. The first kappa shape index (κ1) is 14.7. The molecule has 116 valence electrons. The monoisotopic (exact) mass is 290 g/mol. The molecule has 3 rings (SSSR count). The summed E-state index contributed by atoms with van der Waals surface area (Å²) in [6, 6.07) is 6.28. The van der Waals surface area contributed by atoms with Crippen LogP contribution in [0.5, 0.6) is 11.5 Å². The second-order valence-corrected chi connectivity index (χ2v) is 6.21. The molecule has 1 aromatic rings. The van der Waals surface area contributed by atoms with E-state index >= 15 is 0 Å². The third kappa shape index (κ3) is 4.11. The van der Waals surface area contributed by atoms with Crippen LogP contribution in [0.25, 0.3) is 0 Å². The Balaban J connectivity index is 1.48. The standard InChI is InChI=1S/C17H26N2O2/c1-19-7-5-14(6-8-19)12-18-13-15-3-4-16-17(11-15)21-10-2-9-20-16/h3-4,11,14,18H,2,5-10,12-13H2,1H3. The number of hydrogen-bond donors (Lipinski definition) is 1. The average Bonchev–Trinajstić information content (AvgIpc) is 2.74. The molecule has 0 aliphatic carbocycles. The lowest BCUT2D eigenvalue weighted by Gasteiger charge is -2.29. The van der Waals surface area contributed by atoms with Crippen LogP contribution in [0.3, 0.4) is 0 Å². The number of ether oxygens (including phenoxy) is 2. The molecule has 4 heteroatoms. The van der Waals surface area contributed by atoms with Gasteiger partial charge in [0, 0.05) is 13.0 Å². The van der Waals surface area contributed by atoms with Crippen LogP contribution >= 0.6 is 0 Å². The first-order valence-corrected chi connectivity index (χ1v) is 8.09. The summed E-state index contributed by atoms with van der Waals surface area (Å²) in [5.41, 5.74) is 1.27. The Bertz CT molecular complexity index is 456. The number of nitrogens with zero attached hydrogens (tertiary/aromatic N) is 1. The second-order valence-electron chi connectivity index (χ2n) is 6.21. The first-order valence-electron chi connectivity index (χ1n) is 8.09. The summed E-state index contributed by atoms with van der Waals surface area (Å²) in [5.74, 6) is 2.60. The fraction of sp³-hybridized carbons (Fsp3) is 0.647. The van der Waals surface area contributed by atoms with Crippen LogP contribution in [0.4, 0.5) is 0 Å². The van der Waals surface area contributed by atoms with E-state index in [1.807, 2.05) is 6.07 Å². The van der Waals surface area contributed by atoms with E-state index in [4.69, 9.17) is 9.47 Å². The van der Waals surface area contributed by atoms with E-state index in [9.17, 15) is 0 Å². The molecule has 1 aromatic carbocycles. The Labute approximate surface area is 127 Å². The smallest absolute Gasteiger partial charge is 0.161 e. The predicted molar refractivity (Wildman–Crippen MR) is 84.0 cm³/mol. The lowest BCUT2D eigenvalue weighted by atomic mass is 9.97. The van der Waals surface area contributed by atoms with Crippen LogP contribution in [-0.2, 0) is 6.54 Å². The zero-order chi connectivity index (χ0) is 14.5. The summed E-state index contributed by atoms with van der Waals surface area (Å²) in [5, 5.41) is 3.59. The molecule has 2 aliphatic heterocycles. The Hall–Kier alpha value is -1.26. The van der Waals surface area contributed by atoms with Gasteiger partial charge in [0.2, 0.25) is 0 Å². The molecule has 2 aliphatic rings. The van der Waals surface area contributed by atoms with Gasteiger partial charge in [-0.2, -0.15) is 0 Å². The quantitative estimate of drug-likeness (QED) is 0.922. The number of rotatable bonds is 4. The molecule has 0 unspecified atom stereocenters. The minimum Gasteiger partial charge on any atom is -0.490 e. The molecule has 1 fully saturated rings. The van der Waals surface area contributed by atoms with Gasteiger partial charge in [0.15, 0.2) is 11.5 Å². The van der Waals surface area contributed by atoms with Crippen molar-refractivity contribution < 1.29 is 9.47 Å². The van der Waals surface area contributed by atoms with Crippen molar-refractivity contribution in [2.24, 2.45) is 5.92 Å². The van der Waals surface area contributed by atoms with Gasteiger partial charge in [0.25, 0.3) is 0 Å². The highest BCUT2D eigenvalue weighted by molar-refractivity contribution is 5.43. The van der Waals surface area contributed by atoms with Crippen molar-refractivity contribution in [3.05, 3.63) is 23.8 Å². The van der Waals surface area contributed by atoms with Crippen molar-refractivity contribution in [1.82, 2.24) is 10.2 Å². The van der Waals surface area contributed by atoms with Crippen molar-refractivity contribution in [3.8, 4) is 11.5 Å². The summed E-state index contributed by atoms with van der Waals surface area (Å²) in [6.45, 7) is 5.98. The molecule has 0 aromatic heterocycles. The molecular weight excluding hydrogens is 264 g/mol. The maximum absolute atomic E-state index is 5.74. The average molecular weight is 290 g/mol. The number of benzene rings is 1. The van der Waals surface area contributed by atoms with Gasteiger partial charge in [-0.15, -0.1) is 0 Å². The lowest BCUT2D eigenvalue weighted by molar-refractivity contribution is 0.216. The van der Waals surface area contributed by atoms with Crippen molar-refractivity contribution in [1.29, 1.82) is 0 Å². The molecular formula is C17H26N2O2. The maximum Gasteiger partial charge on any atom is 0.161 e. The van der Waals surface area contributed by atoms with Crippen molar-refractivity contribution in [3.63, 3.8) is 0 Å². The van der Waals surface area contributed by atoms with Gasteiger partial charge in [-0.3, -0.25) is 0 Å². The Kier molecular flexibility index (Phi) is 4.99. The molecule has 0 atom stereocenters. The topological polar surface area (TPSA) is 33.7 Å². The zero-order valence-electron chi connectivity index (χ0n) is 12.9. The molecule has 1 N–H and O–H groups in total. The largest absolute Gasteiger partial charge is 0.490 e. The van der Waals surface area contributed by atoms with E-state index in [1.54, 1.807) is 0 Å². The zero-order valence-corrected chi connectivity index (χ0v) is 12.9. The van der Waals surface area contributed by atoms with E-state index < -0.39 is 0 Å². The number of likely N-dealkylation sites (tertiary alicyclic amines) is 1. The molecule has 4 nitrogen and oxygen atoms in total. The summed E-state index contributed by atoms with van der Waals surface area (Å²) in [6.07, 6.45) is 3.58. The lowest BCUT2D eigenvalue weighted by Crippen LogP contribution is -2.34. The molecule has 0 bridgehead atoms. The van der Waals surface area contributed by atoms with Crippen LogP contribution in [0.15, 0.2) is 18.2 Å². The van der Waals surface area contributed by atoms with E-state index in [2.05, 4.69) is 29.4 Å². The van der Waals surface area contributed by atoms with Crippen LogP contribution in [0.2, 0.25) is 0 Å². The first-order chi connectivity index (χ1) is 10.3. The summed E-state index contributed by atoms with van der Waals surface area (Å²) in [7, 11) is 2.21. The highest BCUT2D eigenvalue weighted by Gasteiger charge is 2.16. The van der Waals surface area contributed by atoms with Gasteiger partial charge in [-0.05, 0) is 63.1 Å².